The van der Waals surface area contributed by atoms with Crippen LogP contribution in [0.25, 0.3) is 10.2 Å². The van der Waals surface area contributed by atoms with Gasteiger partial charge in [0.2, 0.25) is 5.91 Å². The molecule has 1 unspecified atom stereocenters. The van der Waals surface area contributed by atoms with Gasteiger partial charge >= 0.3 is 0 Å². The standard InChI is InChI=1S/C25H30N4O3S2/c1-16-5-7-17(8-6-16)19(13-29-9-11-32-12-10-29)26-22(30)15-33-14-21-27-24(31)23-18-3-2-4-20(18)34-25(23)28-21/h5-8,19H,2-4,9-15H2,1H3,(H,26,30)(H,27,28,31). The third-order valence-electron chi connectivity index (χ3n) is 6.46. The highest BCUT2D eigenvalue weighted by Crippen LogP contribution is 2.34. The van der Waals surface area contributed by atoms with E-state index in [1.807, 2.05) is 0 Å². The number of thioether (sulfide) groups is 1. The number of carbonyl (C=O) groups excluding carboxylic acids is 1. The molecule has 180 valence electrons. The zero-order valence-electron chi connectivity index (χ0n) is 19.4. The van der Waals surface area contributed by atoms with Gasteiger partial charge in [0.25, 0.3) is 5.56 Å². The van der Waals surface area contributed by atoms with Crippen LogP contribution in [0.2, 0.25) is 0 Å². The highest BCUT2D eigenvalue weighted by molar-refractivity contribution is 7.99. The van der Waals surface area contributed by atoms with Gasteiger partial charge in [-0.15, -0.1) is 23.1 Å². The largest absolute Gasteiger partial charge is 0.379 e. The fraction of sp³-hybridized carbons (Fsp3) is 0.480. The number of thiophene rings is 1. The number of aromatic nitrogens is 2. The maximum atomic E-state index is 12.8. The number of rotatable bonds is 8. The van der Waals surface area contributed by atoms with Gasteiger partial charge < -0.3 is 15.0 Å². The van der Waals surface area contributed by atoms with Crippen molar-refractivity contribution >= 4 is 39.2 Å². The van der Waals surface area contributed by atoms with Gasteiger partial charge in [-0.3, -0.25) is 14.5 Å². The number of carbonyl (C=O) groups is 1. The van der Waals surface area contributed by atoms with Gasteiger partial charge in [0.15, 0.2) is 0 Å². The van der Waals surface area contributed by atoms with Crippen molar-refractivity contribution in [3.05, 3.63) is 62.0 Å². The molecule has 3 heterocycles. The van der Waals surface area contributed by atoms with Gasteiger partial charge in [-0.05, 0) is 37.3 Å². The van der Waals surface area contributed by atoms with E-state index in [1.165, 1.54) is 27.8 Å². The SMILES string of the molecule is Cc1ccc(C(CN2CCOCC2)NC(=O)CSCc2nc3sc4c(c3c(=O)[nH]2)CCC4)cc1. The van der Waals surface area contributed by atoms with Crippen LogP contribution >= 0.6 is 23.1 Å². The lowest BCUT2D eigenvalue weighted by Gasteiger charge is -2.31. The number of benzene rings is 1. The molecular weight excluding hydrogens is 468 g/mol. The molecule has 3 aromatic rings. The second-order valence-electron chi connectivity index (χ2n) is 8.99. The van der Waals surface area contributed by atoms with E-state index < -0.39 is 0 Å². The van der Waals surface area contributed by atoms with Crippen molar-refractivity contribution in [1.29, 1.82) is 0 Å². The van der Waals surface area contributed by atoms with Gasteiger partial charge in [-0.1, -0.05) is 29.8 Å². The number of H-pyrrole nitrogens is 1. The summed E-state index contributed by atoms with van der Waals surface area (Å²) in [6.45, 7) is 6.04. The van der Waals surface area contributed by atoms with Crippen molar-refractivity contribution in [3.63, 3.8) is 0 Å². The minimum absolute atomic E-state index is 0.0117. The Balaban J connectivity index is 1.20. The normalized spacial score (nSPS) is 17.1. The number of ether oxygens (including phenoxy) is 1. The quantitative estimate of drug-likeness (QED) is 0.496. The van der Waals surface area contributed by atoms with Crippen LogP contribution in [-0.2, 0) is 28.1 Å². The molecule has 1 amide bonds. The smallest absolute Gasteiger partial charge is 0.259 e. The molecule has 2 aliphatic rings. The molecular formula is C25H30N4O3S2. The van der Waals surface area contributed by atoms with Crippen LogP contribution < -0.4 is 10.9 Å². The maximum Gasteiger partial charge on any atom is 0.259 e. The molecule has 7 nitrogen and oxygen atoms in total. The number of aromatic amines is 1. The van der Waals surface area contributed by atoms with E-state index >= 15 is 0 Å². The predicted molar refractivity (Wildman–Crippen MR) is 138 cm³/mol. The molecule has 2 aromatic heterocycles. The van der Waals surface area contributed by atoms with E-state index in [4.69, 9.17) is 4.74 Å². The Morgan fingerprint density at radius 1 is 1.26 bits per heavy atom. The molecule has 1 aliphatic heterocycles. The summed E-state index contributed by atoms with van der Waals surface area (Å²) in [5, 5.41) is 3.99. The molecule has 0 radical (unpaired) electrons. The monoisotopic (exact) mass is 498 g/mol. The summed E-state index contributed by atoms with van der Waals surface area (Å²) in [5.74, 6) is 1.44. The van der Waals surface area contributed by atoms with E-state index in [-0.39, 0.29) is 17.5 Å². The molecule has 34 heavy (non-hydrogen) atoms. The number of fused-ring (bicyclic) bond motifs is 3. The van der Waals surface area contributed by atoms with Crippen molar-refractivity contribution in [1.82, 2.24) is 20.2 Å². The highest BCUT2D eigenvalue weighted by Gasteiger charge is 2.22. The predicted octanol–water partition coefficient (Wildman–Crippen LogP) is 3.20. The summed E-state index contributed by atoms with van der Waals surface area (Å²) in [7, 11) is 0. The fourth-order valence-electron chi connectivity index (χ4n) is 4.67. The first-order chi connectivity index (χ1) is 16.6. The number of morpholine rings is 1. The first kappa shape index (κ1) is 23.5. The molecule has 0 bridgehead atoms. The molecule has 2 N–H and O–H groups in total. The molecule has 0 spiro atoms. The Kier molecular flexibility index (Phi) is 7.34. The summed E-state index contributed by atoms with van der Waals surface area (Å²) in [6.07, 6.45) is 3.14. The Morgan fingerprint density at radius 2 is 2.06 bits per heavy atom. The van der Waals surface area contributed by atoms with E-state index in [2.05, 4.69) is 51.4 Å². The third kappa shape index (κ3) is 5.38. The van der Waals surface area contributed by atoms with Crippen molar-refractivity contribution in [2.24, 2.45) is 0 Å². The Morgan fingerprint density at radius 3 is 2.85 bits per heavy atom. The van der Waals surface area contributed by atoms with Gasteiger partial charge in [-0.2, -0.15) is 0 Å². The first-order valence-corrected chi connectivity index (χ1v) is 13.8. The van der Waals surface area contributed by atoms with E-state index in [0.29, 0.717) is 17.3 Å². The van der Waals surface area contributed by atoms with Crippen LogP contribution in [0.1, 0.15) is 39.9 Å². The maximum absolute atomic E-state index is 12.8. The summed E-state index contributed by atoms with van der Waals surface area (Å²) >= 11 is 3.12. The van der Waals surface area contributed by atoms with Crippen molar-refractivity contribution in [2.75, 3.05) is 38.6 Å². The number of amides is 1. The lowest BCUT2D eigenvalue weighted by molar-refractivity contribution is -0.119. The lowest BCUT2D eigenvalue weighted by atomic mass is 10.0. The average molecular weight is 499 g/mol. The third-order valence-corrected chi connectivity index (χ3v) is 8.59. The van der Waals surface area contributed by atoms with Gasteiger partial charge in [0.1, 0.15) is 10.7 Å². The number of hydrogen-bond donors (Lipinski definition) is 2. The first-order valence-electron chi connectivity index (χ1n) is 11.8. The summed E-state index contributed by atoms with van der Waals surface area (Å²) < 4.78 is 5.47. The zero-order valence-corrected chi connectivity index (χ0v) is 21.0. The molecule has 1 atom stereocenters. The second-order valence-corrected chi connectivity index (χ2v) is 11.1. The molecule has 1 fully saturated rings. The van der Waals surface area contributed by atoms with E-state index in [0.717, 1.165) is 67.9 Å². The van der Waals surface area contributed by atoms with Crippen molar-refractivity contribution < 1.29 is 9.53 Å². The van der Waals surface area contributed by atoms with Crippen LogP contribution in [0, 0.1) is 6.92 Å². The van der Waals surface area contributed by atoms with Crippen LogP contribution in [-0.4, -0.2) is 59.4 Å². The molecule has 1 aromatic carbocycles. The average Bonchev–Trinajstić information content (AvgIpc) is 3.41. The number of aryl methyl sites for hydroxylation is 3. The molecule has 5 rings (SSSR count). The van der Waals surface area contributed by atoms with Gasteiger partial charge in [-0.25, -0.2) is 4.98 Å². The minimum Gasteiger partial charge on any atom is -0.379 e. The summed E-state index contributed by atoms with van der Waals surface area (Å²) in [4.78, 5) is 37.6. The molecule has 1 saturated heterocycles. The minimum atomic E-state index is -0.0745. The van der Waals surface area contributed by atoms with Crippen LogP contribution in [0.15, 0.2) is 29.1 Å². The fourth-order valence-corrected chi connectivity index (χ4v) is 6.65. The number of nitrogens with one attached hydrogen (secondary N) is 2. The van der Waals surface area contributed by atoms with E-state index in [9.17, 15) is 9.59 Å². The second kappa shape index (κ2) is 10.6. The van der Waals surface area contributed by atoms with Gasteiger partial charge in [0, 0.05) is 24.5 Å². The summed E-state index contributed by atoms with van der Waals surface area (Å²) in [6, 6.07) is 8.28. The van der Waals surface area contributed by atoms with Crippen LogP contribution in [0.3, 0.4) is 0 Å². The van der Waals surface area contributed by atoms with Gasteiger partial charge in [0.05, 0.1) is 36.1 Å². The zero-order chi connectivity index (χ0) is 23.5. The van der Waals surface area contributed by atoms with Crippen LogP contribution in [0.4, 0.5) is 0 Å². The van der Waals surface area contributed by atoms with E-state index in [1.54, 1.807) is 11.3 Å². The number of hydrogen-bond acceptors (Lipinski definition) is 7. The Labute approximate surface area is 207 Å². The highest BCUT2D eigenvalue weighted by atomic mass is 32.2. The Hall–Kier alpha value is -2.20. The Bertz CT molecular complexity index is 1220. The van der Waals surface area contributed by atoms with Crippen molar-refractivity contribution in [2.45, 2.75) is 38.0 Å². The van der Waals surface area contributed by atoms with Crippen molar-refractivity contribution in [3.8, 4) is 0 Å². The molecule has 0 saturated carbocycles. The number of nitrogens with zero attached hydrogens (tertiary/aromatic N) is 2. The topological polar surface area (TPSA) is 87.3 Å². The van der Waals surface area contributed by atoms with Crippen LogP contribution in [0.5, 0.6) is 0 Å². The molecule has 9 heteroatoms. The molecule has 1 aliphatic carbocycles. The lowest BCUT2D eigenvalue weighted by Crippen LogP contribution is -2.43. The summed E-state index contributed by atoms with van der Waals surface area (Å²) in [5.41, 5.74) is 3.45.